The number of benzene rings is 1. The third kappa shape index (κ3) is 1.44. The van der Waals surface area contributed by atoms with Crippen LogP contribution in [0.2, 0.25) is 0 Å². The number of ether oxygens (including phenoxy) is 1. The highest BCUT2D eigenvalue weighted by Gasteiger charge is 2.24. The summed E-state index contributed by atoms with van der Waals surface area (Å²) >= 11 is 0. The van der Waals surface area contributed by atoms with Crippen LogP contribution < -0.4 is 0 Å². The summed E-state index contributed by atoms with van der Waals surface area (Å²) in [6.45, 7) is 2.03. The van der Waals surface area contributed by atoms with Gasteiger partial charge < -0.3 is 4.74 Å². The topological polar surface area (TPSA) is 26.3 Å². The van der Waals surface area contributed by atoms with Gasteiger partial charge >= 0.3 is 5.97 Å². The molecule has 0 aromatic heterocycles. The molecule has 1 aromatic rings. The molecule has 0 radical (unpaired) electrons. The fourth-order valence-corrected chi connectivity index (χ4v) is 1.73. The summed E-state index contributed by atoms with van der Waals surface area (Å²) < 4.78 is 5.22. The Kier molecular flexibility index (Phi) is 2.05. The van der Waals surface area contributed by atoms with E-state index >= 15 is 0 Å². The standard InChI is InChI=1S/C11H12O2/c1-2-10-9-6-4-3-5-8(9)7-11(12)13-10/h3-6,10H,2,7H2,1H3. The number of carbonyl (C=O) groups is 1. The third-order valence-electron chi connectivity index (χ3n) is 2.38. The van der Waals surface area contributed by atoms with Crippen LogP contribution in [-0.2, 0) is 16.0 Å². The van der Waals surface area contributed by atoms with Crippen molar-refractivity contribution in [2.45, 2.75) is 25.9 Å². The van der Waals surface area contributed by atoms with Gasteiger partial charge in [-0.3, -0.25) is 4.79 Å². The van der Waals surface area contributed by atoms with Crippen molar-refractivity contribution < 1.29 is 9.53 Å². The van der Waals surface area contributed by atoms with Gasteiger partial charge in [-0.1, -0.05) is 31.2 Å². The molecule has 0 amide bonds. The van der Waals surface area contributed by atoms with Crippen LogP contribution in [0.3, 0.4) is 0 Å². The Morgan fingerprint density at radius 3 is 3.00 bits per heavy atom. The zero-order chi connectivity index (χ0) is 9.26. The Labute approximate surface area is 77.5 Å². The summed E-state index contributed by atoms with van der Waals surface area (Å²) in [6, 6.07) is 7.99. The Morgan fingerprint density at radius 1 is 1.46 bits per heavy atom. The average Bonchev–Trinajstić information content (AvgIpc) is 2.16. The minimum atomic E-state index is -0.106. The lowest BCUT2D eigenvalue weighted by atomic mass is 9.96. The Morgan fingerprint density at radius 2 is 2.23 bits per heavy atom. The molecule has 2 rings (SSSR count). The van der Waals surface area contributed by atoms with E-state index in [-0.39, 0.29) is 12.1 Å². The molecule has 1 aromatic carbocycles. The summed E-state index contributed by atoms with van der Waals surface area (Å²) in [5, 5.41) is 0. The van der Waals surface area contributed by atoms with E-state index in [2.05, 4.69) is 0 Å². The second-order valence-electron chi connectivity index (χ2n) is 3.26. The lowest BCUT2D eigenvalue weighted by Crippen LogP contribution is -2.20. The van der Waals surface area contributed by atoms with Gasteiger partial charge in [0.05, 0.1) is 6.42 Å². The van der Waals surface area contributed by atoms with E-state index < -0.39 is 0 Å². The highest BCUT2D eigenvalue weighted by molar-refractivity contribution is 5.75. The molecule has 2 nitrogen and oxygen atoms in total. The van der Waals surface area contributed by atoms with Crippen LogP contribution in [0.4, 0.5) is 0 Å². The van der Waals surface area contributed by atoms with Crippen LogP contribution in [0.1, 0.15) is 30.6 Å². The largest absolute Gasteiger partial charge is 0.457 e. The molecule has 13 heavy (non-hydrogen) atoms. The van der Waals surface area contributed by atoms with Gasteiger partial charge in [-0.15, -0.1) is 0 Å². The lowest BCUT2D eigenvalue weighted by Gasteiger charge is -2.24. The number of cyclic esters (lactones) is 1. The zero-order valence-electron chi connectivity index (χ0n) is 7.62. The van der Waals surface area contributed by atoms with Gasteiger partial charge in [0.2, 0.25) is 0 Å². The molecule has 0 N–H and O–H groups in total. The van der Waals surface area contributed by atoms with Crippen molar-refractivity contribution in [3.8, 4) is 0 Å². The van der Waals surface area contributed by atoms with E-state index in [1.54, 1.807) is 0 Å². The van der Waals surface area contributed by atoms with Crippen LogP contribution in [0, 0.1) is 0 Å². The van der Waals surface area contributed by atoms with Crippen molar-refractivity contribution >= 4 is 5.97 Å². The van der Waals surface area contributed by atoms with Crippen molar-refractivity contribution in [1.82, 2.24) is 0 Å². The van der Waals surface area contributed by atoms with Crippen LogP contribution in [0.25, 0.3) is 0 Å². The first-order valence-electron chi connectivity index (χ1n) is 4.58. The first-order chi connectivity index (χ1) is 6.31. The predicted molar refractivity (Wildman–Crippen MR) is 49.3 cm³/mol. The van der Waals surface area contributed by atoms with Crippen molar-refractivity contribution in [3.63, 3.8) is 0 Å². The molecule has 2 heteroatoms. The van der Waals surface area contributed by atoms with E-state index in [9.17, 15) is 4.79 Å². The Bertz CT molecular complexity index is 331. The van der Waals surface area contributed by atoms with E-state index in [4.69, 9.17) is 4.74 Å². The lowest BCUT2D eigenvalue weighted by molar-refractivity contribution is -0.150. The molecule has 1 atom stereocenters. The fraction of sp³-hybridized carbons (Fsp3) is 0.364. The molecule has 68 valence electrons. The highest BCUT2D eigenvalue weighted by atomic mass is 16.5. The van der Waals surface area contributed by atoms with Crippen molar-refractivity contribution in [2.24, 2.45) is 0 Å². The maximum atomic E-state index is 11.2. The molecule has 1 heterocycles. The summed E-state index contributed by atoms with van der Waals surface area (Å²) in [5.74, 6) is -0.106. The van der Waals surface area contributed by atoms with Crippen LogP contribution in [-0.4, -0.2) is 5.97 Å². The molecule has 0 aliphatic carbocycles. The van der Waals surface area contributed by atoms with Gasteiger partial charge in [-0.05, 0) is 17.5 Å². The van der Waals surface area contributed by atoms with Crippen LogP contribution >= 0.6 is 0 Å². The minimum Gasteiger partial charge on any atom is -0.457 e. The second-order valence-corrected chi connectivity index (χ2v) is 3.26. The normalized spacial score (nSPS) is 20.7. The number of hydrogen-bond donors (Lipinski definition) is 0. The smallest absolute Gasteiger partial charge is 0.310 e. The minimum absolute atomic E-state index is 0.0301. The second kappa shape index (κ2) is 3.21. The van der Waals surface area contributed by atoms with Gasteiger partial charge in [0.1, 0.15) is 6.10 Å². The Hall–Kier alpha value is -1.31. The van der Waals surface area contributed by atoms with E-state index in [0.29, 0.717) is 6.42 Å². The quantitative estimate of drug-likeness (QED) is 0.613. The maximum absolute atomic E-state index is 11.2. The zero-order valence-corrected chi connectivity index (χ0v) is 7.62. The summed E-state index contributed by atoms with van der Waals surface area (Å²) in [6.07, 6.45) is 1.24. The molecule has 1 aliphatic rings. The molecular formula is C11H12O2. The first kappa shape index (κ1) is 8.30. The summed E-state index contributed by atoms with van der Waals surface area (Å²) in [4.78, 5) is 11.2. The van der Waals surface area contributed by atoms with Crippen molar-refractivity contribution in [3.05, 3.63) is 35.4 Å². The van der Waals surface area contributed by atoms with Gasteiger partial charge in [0, 0.05) is 0 Å². The molecule has 1 unspecified atom stereocenters. The molecule has 0 bridgehead atoms. The number of carbonyl (C=O) groups excluding carboxylic acids is 1. The molecular weight excluding hydrogens is 164 g/mol. The monoisotopic (exact) mass is 176 g/mol. The van der Waals surface area contributed by atoms with Crippen LogP contribution in [0.15, 0.2) is 24.3 Å². The van der Waals surface area contributed by atoms with E-state index in [1.165, 1.54) is 5.56 Å². The molecule has 0 saturated heterocycles. The molecule has 0 spiro atoms. The highest BCUT2D eigenvalue weighted by Crippen LogP contribution is 2.29. The van der Waals surface area contributed by atoms with Crippen LogP contribution in [0.5, 0.6) is 0 Å². The summed E-state index contributed by atoms with van der Waals surface area (Å²) in [5.41, 5.74) is 2.29. The molecule has 0 fully saturated rings. The fourth-order valence-electron chi connectivity index (χ4n) is 1.73. The van der Waals surface area contributed by atoms with Crippen molar-refractivity contribution in [2.75, 3.05) is 0 Å². The average molecular weight is 176 g/mol. The van der Waals surface area contributed by atoms with Gasteiger partial charge in [0.15, 0.2) is 0 Å². The van der Waals surface area contributed by atoms with E-state index in [1.807, 2.05) is 31.2 Å². The predicted octanol–water partition coefficient (Wildman–Crippen LogP) is 2.24. The Balaban J connectivity index is 2.42. The number of hydrogen-bond acceptors (Lipinski definition) is 2. The number of fused-ring (bicyclic) bond motifs is 1. The van der Waals surface area contributed by atoms with Gasteiger partial charge in [0.25, 0.3) is 0 Å². The van der Waals surface area contributed by atoms with Gasteiger partial charge in [-0.2, -0.15) is 0 Å². The SMILES string of the molecule is CCC1OC(=O)Cc2ccccc21. The third-order valence-corrected chi connectivity index (χ3v) is 2.38. The van der Waals surface area contributed by atoms with Gasteiger partial charge in [-0.25, -0.2) is 0 Å². The van der Waals surface area contributed by atoms with Crippen molar-refractivity contribution in [1.29, 1.82) is 0 Å². The summed E-state index contributed by atoms with van der Waals surface area (Å²) in [7, 11) is 0. The number of esters is 1. The maximum Gasteiger partial charge on any atom is 0.310 e. The molecule has 0 saturated carbocycles. The van der Waals surface area contributed by atoms with E-state index in [0.717, 1.165) is 12.0 Å². The number of rotatable bonds is 1. The first-order valence-corrected chi connectivity index (χ1v) is 4.58. The molecule has 1 aliphatic heterocycles.